The van der Waals surface area contributed by atoms with E-state index in [-0.39, 0.29) is 0 Å². The molecule has 2 aromatic heterocycles. The Morgan fingerprint density at radius 1 is 1.09 bits per heavy atom. The number of pyridine rings is 1. The first-order valence-electron chi connectivity index (χ1n) is 8.27. The highest BCUT2D eigenvalue weighted by atomic mass is 32.1. The molecule has 2 heterocycles. The van der Waals surface area contributed by atoms with E-state index in [1.54, 1.807) is 10.4 Å². The largest absolute Gasteiger partial charge is 0.242 e. The predicted molar refractivity (Wildman–Crippen MR) is 95.8 cm³/mol. The smallest absolute Gasteiger partial charge is 0.124 e. The second-order valence-corrected chi connectivity index (χ2v) is 7.36. The summed E-state index contributed by atoms with van der Waals surface area (Å²) < 4.78 is 0. The zero-order chi connectivity index (χ0) is 15.1. The van der Waals surface area contributed by atoms with Gasteiger partial charge in [0.25, 0.3) is 0 Å². The Bertz CT molecular complexity index is 827. The van der Waals surface area contributed by atoms with Crippen LogP contribution in [0.3, 0.4) is 0 Å². The van der Waals surface area contributed by atoms with E-state index in [0.717, 1.165) is 6.42 Å². The van der Waals surface area contributed by atoms with Gasteiger partial charge in [-0.2, -0.15) is 0 Å². The Morgan fingerprint density at radius 3 is 2.64 bits per heavy atom. The minimum Gasteiger partial charge on any atom is -0.242 e. The van der Waals surface area contributed by atoms with Crippen molar-refractivity contribution < 1.29 is 0 Å². The maximum atomic E-state index is 4.92. The minimum atomic E-state index is 0.997. The Kier molecular flexibility index (Phi) is 3.50. The number of rotatable bonds is 2. The van der Waals surface area contributed by atoms with Crippen LogP contribution in [0.5, 0.6) is 0 Å². The second kappa shape index (κ2) is 5.51. The van der Waals surface area contributed by atoms with Gasteiger partial charge < -0.3 is 0 Å². The monoisotopic (exact) mass is 307 g/mol. The lowest BCUT2D eigenvalue weighted by atomic mass is 9.92. The van der Waals surface area contributed by atoms with Crippen LogP contribution in [0.2, 0.25) is 0 Å². The molecule has 3 aromatic rings. The first-order chi connectivity index (χ1) is 10.8. The molecule has 0 aliphatic heterocycles. The zero-order valence-electron chi connectivity index (χ0n) is 13.3. The average molecular weight is 307 g/mol. The standard InChI is InChI=1S/C20H21NS/c1-3-15-12-17(14-10-8-13(2)9-11-14)19-16-6-4-5-7-18(16)22-20(19)21-15/h8-12H,3-7H2,1-2H3. The van der Waals surface area contributed by atoms with Gasteiger partial charge in [0.2, 0.25) is 0 Å². The van der Waals surface area contributed by atoms with Gasteiger partial charge in [0.1, 0.15) is 4.83 Å². The van der Waals surface area contributed by atoms with E-state index in [1.165, 1.54) is 58.3 Å². The van der Waals surface area contributed by atoms with E-state index >= 15 is 0 Å². The molecule has 2 heteroatoms. The second-order valence-electron chi connectivity index (χ2n) is 6.27. The Morgan fingerprint density at radius 2 is 1.86 bits per heavy atom. The van der Waals surface area contributed by atoms with E-state index in [9.17, 15) is 0 Å². The summed E-state index contributed by atoms with van der Waals surface area (Å²) in [5.74, 6) is 0. The third-order valence-corrected chi connectivity index (χ3v) is 5.89. The topological polar surface area (TPSA) is 12.9 Å². The van der Waals surface area contributed by atoms with Crippen LogP contribution in [0, 0.1) is 6.92 Å². The average Bonchev–Trinajstić information content (AvgIpc) is 2.93. The third-order valence-electron chi connectivity index (χ3n) is 4.70. The molecule has 0 atom stereocenters. The van der Waals surface area contributed by atoms with Crippen molar-refractivity contribution in [3.8, 4) is 11.1 Å². The maximum Gasteiger partial charge on any atom is 0.124 e. The maximum absolute atomic E-state index is 4.92. The Balaban J connectivity index is 2.02. The lowest BCUT2D eigenvalue weighted by Crippen LogP contribution is -1.99. The highest BCUT2D eigenvalue weighted by Gasteiger charge is 2.20. The van der Waals surface area contributed by atoms with Gasteiger partial charge in [0.05, 0.1) is 0 Å². The molecule has 0 saturated carbocycles. The highest BCUT2D eigenvalue weighted by molar-refractivity contribution is 7.19. The van der Waals surface area contributed by atoms with Crippen molar-refractivity contribution in [3.05, 3.63) is 52.0 Å². The summed E-state index contributed by atoms with van der Waals surface area (Å²) >= 11 is 1.93. The van der Waals surface area contributed by atoms with Crippen molar-refractivity contribution in [1.29, 1.82) is 0 Å². The van der Waals surface area contributed by atoms with E-state index < -0.39 is 0 Å². The fourth-order valence-corrected chi connectivity index (χ4v) is 4.76. The summed E-state index contributed by atoms with van der Waals surface area (Å²) in [7, 11) is 0. The van der Waals surface area contributed by atoms with Crippen LogP contribution in [0.15, 0.2) is 30.3 Å². The molecule has 0 saturated heterocycles. The van der Waals surface area contributed by atoms with Gasteiger partial charge in [-0.1, -0.05) is 36.8 Å². The molecule has 1 aliphatic rings. The lowest BCUT2D eigenvalue weighted by molar-refractivity contribution is 0.700. The van der Waals surface area contributed by atoms with E-state index in [4.69, 9.17) is 4.98 Å². The fraction of sp³-hybridized carbons (Fsp3) is 0.350. The van der Waals surface area contributed by atoms with Crippen LogP contribution < -0.4 is 0 Å². The summed E-state index contributed by atoms with van der Waals surface area (Å²) in [6.07, 6.45) is 6.12. The summed E-state index contributed by atoms with van der Waals surface area (Å²) in [4.78, 5) is 7.75. The van der Waals surface area contributed by atoms with Crippen molar-refractivity contribution in [3.63, 3.8) is 0 Å². The van der Waals surface area contributed by atoms with Gasteiger partial charge in [0.15, 0.2) is 0 Å². The molecular weight excluding hydrogens is 286 g/mol. The highest BCUT2D eigenvalue weighted by Crippen LogP contribution is 2.41. The van der Waals surface area contributed by atoms with E-state index in [1.807, 2.05) is 11.3 Å². The SMILES string of the molecule is CCc1cc(-c2ccc(C)cc2)c2c3c(sc2n1)CCCC3. The predicted octanol–water partition coefficient (Wildman–Crippen LogP) is 5.71. The molecule has 22 heavy (non-hydrogen) atoms. The van der Waals surface area contributed by atoms with Gasteiger partial charge in [-0.15, -0.1) is 11.3 Å². The summed E-state index contributed by atoms with van der Waals surface area (Å²) in [6, 6.07) is 11.3. The number of hydrogen-bond donors (Lipinski definition) is 0. The third kappa shape index (κ3) is 2.26. The van der Waals surface area contributed by atoms with Crippen molar-refractivity contribution >= 4 is 21.6 Å². The number of thiophene rings is 1. The van der Waals surface area contributed by atoms with Crippen molar-refractivity contribution in [2.24, 2.45) is 0 Å². The fourth-order valence-electron chi connectivity index (χ4n) is 3.45. The van der Waals surface area contributed by atoms with Crippen LogP contribution in [-0.2, 0) is 19.3 Å². The van der Waals surface area contributed by atoms with Gasteiger partial charge >= 0.3 is 0 Å². The first-order valence-corrected chi connectivity index (χ1v) is 9.09. The van der Waals surface area contributed by atoms with E-state index in [2.05, 4.69) is 44.2 Å². The van der Waals surface area contributed by atoms with Crippen molar-refractivity contribution in [2.45, 2.75) is 46.0 Å². The molecule has 112 valence electrons. The molecule has 1 nitrogen and oxygen atoms in total. The molecule has 0 amide bonds. The number of aryl methyl sites for hydroxylation is 4. The molecular formula is C20H21NS. The molecule has 0 radical (unpaired) electrons. The first kappa shape index (κ1) is 14.0. The van der Waals surface area contributed by atoms with Crippen LogP contribution in [0.25, 0.3) is 21.3 Å². The molecule has 4 rings (SSSR count). The number of nitrogens with zero attached hydrogens (tertiary/aromatic N) is 1. The summed E-state index contributed by atoms with van der Waals surface area (Å²) in [5, 5.41) is 1.43. The zero-order valence-corrected chi connectivity index (χ0v) is 14.1. The number of fused-ring (bicyclic) bond motifs is 3. The van der Waals surface area contributed by atoms with Crippen molar-refractivity contribution in [2.75, 3.05) is 0 Å². The van der Waals surface area contributed by atoms with Crippen LogP contribution in [0.1, 0.15) is 41.5 Å². The van der Waals surface area contributed by atoms with Gasteiger partial charge in [0, 0.05) is 16.0 Å². The van der Waals surface area contributed by atoms with Crippen LogP contribution >= 0.6 is 11.3 Å². The van der Waals surface area contributed by atoms with Crippen LogP contribution in [-0.4, -0.2) is 4.98 Å². The van der Waals surface area contributed by atoms with Gasteiger partial charge in [-0.25, -0.2) is 4.98 Å². The molecule has 1 aliphatic carbocycles. The number of aromatic nitrogens is 1. The summed E-state index contributed by atoms with van der Waals surface area (Å²) in [5.41, 5.74) is 6.83. The Labute approximate surface area is 136 Å². The molecule has 0 fully saturated rings. The molecule has 0 unspecified atom stereocenters. The molecule has 0 N–H and O–H groups in total. The molecule has 0 bridgehead atoms. The number of benzene rings is 1. The van der Waals surface area contributed by atoms with Gasteiger partial charge in [-0.3, -0.25) is 0 Å². The normalized spacial score (nSPS) is 14.3. The van der Waals surface area contributed by atoms with E-state index in [0.29, 0.717) is 0 Å². The quantitative estimate of drug-likeness (QED) is 0.590. The Hall–Kier alpha value is -1.67. The van der Waals surface area contributed by atoms with Crippen molar-refractivity contribution in [1.82, 2.24) is 4.98 Å². The minimum absolute atomic E-state index is 0.997. The summed E-state index contributed by atoms with van der Waals surface area (Å²) in [6.45, 7) is 4.34. The molecule has 0 spiro atoms. The van der Waals surface area contributed by atoms with Crippen LogP contribution in [0.4, 0.5) is 0 Å². The number of hydrogen-bond acceptors (Lipinski definition) is 2. The lowest BCUT2D eigenvalue weighted by Gasteiger charge is -2.13. The van der Waals surface area contributed by atoms with Gasteiger partial charge in [-0.05, 0) is 61.8 Å². The molecule has 1 aromatic carbocycles.